The Kier molecular flexibility index (Phi) is 3.95. The van der Waals surface area contributed by atoms with Gasteiger partial charge in [0, 0.05) is 17.7 Å². The van der Waals surface area contributed by atoms with Crippen LogP contribution in [0.2, 0.25) is 0 Å². The molecule has 0 unspecified atom stereocenters. The predicted molar refractivity (Wildman–Crippen MR) is 59.4 cm³/mol. The summed E-state index contributed by atoms with van der Waals surface area (Å²) in [4.78, 5) is 20.6. The average Bonchev–Trinajstić information content (AvgIpc) is 2.31. The van der Waals surface area contributed by atoms with E-state index in [0.29, 0.717) is 6.29 Å². The third-order valence-corrected chi connectivity index (χ3v) is 2.00. The van der Waals surface area contributed by atoms with Crippen molar-refractivity contribution >= 4 is 18.0 Å². The van der Waals surface area contributed by atoms with E-state index < -0.39 is 4.92 Å². The van der Waals surface area contributed by atoms with Crippen LogP contribution < -0.4 is 0 Å². The van der Waals surface area contributed by atoms with Gasteiger partial charge in [-0.1, -0.05) is 12.2 Å². The summed E-state index contributed by atoms with van der Waals surface area (Å²) in [6.07, 6.45) is 3.24. The van der Waals surface area contributed by atoms with Gasteiger partial charge in [0.25, 0.3) is 5.69 Å². The number of aromatic hydroxyl groups is 1. The number of phenolic OH excluding ortho intramolecular Hbond substituents is 1. The molecule has 6 heteroatoms. The predicted octanol–water partition coefficient (Wildman–Crippen LogP) is 2.04. The molecule has 0 aliphatic rings. The zero-order chi connectivity index (χ0) is 12.8. The van der Waals surface area contributed by atoms with Crippen LogP contribution >= 0.6 is 0 Å². The molecule has 17 heavy (non-hydrogen) atoms. The Bertz CT molecular complexity index is 529. The number of rotatable bonds is 4. The largest absolute Gasteiger partial charge is 0.507 e. The highest BCUT2D eigenvalue weighted by atomic mass is 16.6. The first-order chi connectivity index (χ1) is 8.10. The lowest BCUT2D eigenvalue weighted by Gasteiger charge is -2.02. The van der Waals surface area contributed by atoms with Crippen LogP contribution in [-0.2, 0) is 0 Å². The van der Waals surface area contributed by atoms with E-state index in [4.69, 9.17) is 5.26 Å². The molecule has 0 atom stereocenters. The molecule has 1 rings (SSSR count). The fourth-order valence-electron chi connectivity index (χ4n) is 1.22. The van der Waals surface area contributed by atoms with Crippen LogP contribution in [0.1, 0.15) is 22.3 Å². The molecule has 0 saturated heterocycles. The van der Waals surface area contributed by atoms with Crippen molar-refractivity contribution in [2.75, 3.05) is 0 Å². The van der Waals surface area contributed by atoms with E-state index in [1.807, 2.05) is 6.07 Å². The number of nitro groups is 1. The molecule has 0 fully saturated rings. The molecule has 1 N–H and O–H groups in total. The number of carbonyl (C=O) groups is 1. The summed E-state index contributed by atoms with van der Waals surface area (Å²) in [5.74, 6) is -0.334. The summed E-state index contributed by atoms with van der Waals surface area (Å²) in [6.45, 7) is 0. The molecule has 0 spiro atoms. The SMILES string of the molecule is N#CCC=Cc1cc([N+](=O)[O-])cc(C=O)c1O. The Morgan fingerprint density at radius 3 is 2.65 bits per heavy atom. The van der Waals surface area contributed by atoms with Crippen molar-refractivity contribution in [1.82, 2.24) is 0 Å². The molecule has 6 nitrogen and oxygen atoms in total. The van der Waals surface area contributed by atoms with Crippen LogP contribution in [0.25, 0.3) is 6.08 Å². The highest BCUT2D eigenvalue weighted by Crippen LogP contribution is 2.28. The monoisotopic (exact) mass is 232 g/mol. The van der Waals surface area contributed by atoms with Crippen LogP contribution in [0.3, 0.4) is 0 Å². The first-order valence-corrected chi connectivity index (χ1v) is 4.60. The number of benzene rings is 1. The van der Waals surface area contributed by atoms with Gasteiger partial charge in [0.2, 0.25) is 0 Å². The van der Waals surface area contributed by atoms with E-state index >= 15 is 0 Å². The van der Waals surface area contributed by atoms with Crippen molar-refractivity contribution in [2.24, 2.45) is 0 Å². The van der Waals surface area contributed by atoms with E-state index in [2.05, 4.69) is 0 Å². The van der Waals surface area contributed by atoms with E-state index in [1.54, 1.807) is 0 Å². The Balaban J connectivity index is 3.28. The number of hydrogen-bond acceptors (Lipinski definition) is 5. The second kappa shape index (κ2) is 5.42. The second-order valence-electron chi connectivity index (χ2n) is 3.11. The number of aldehydes is 1. The van der Waals surface area contributed by atoms with Gasteiger partial charge in [-0.05, 0) is 0 Å². The average molecular weight is 232 g/mol. The van der Waals surface area contributed by atoms with Crippen molar-refractivity contribution in [3.63, 3.8) is 0 Å². The van der Waals surface area contributed by atoms with Crippen LogP contribution in [0.15, 0.2) is 18.2 Å². The summed E-state index contributed by atoms with van der Waals surface area (Å²) in [5, 5.41) is 28.5. The van der Waals surface area contributed by atoms with Gasteiger partial charge in [0.1, 0.15) is 5.75 Å². The fourth-order valence-corrected chi connectivity index (χ4v) is 1.22. The van der Waals surface area contributed by atoms with Gasteiger partial charge in [0.05, 0.1) is 23.0 Å². The molecule has 1 aromatic rings. The van der Waals surface area contributed by atoms with Crippen LogP contribution in [0.4, 0.5) is 5.69 Å². The smallest absolute Gasteiger partial charge is 0.271 e. The van der Waals surface area contributed by atoms with Gasteiger partial charge in [-0.15, -0.1) is 0 Å². The first kappa shape index (κ1) is 12.4. The van der Waals surface area contributed by atoms with E-state index in [0.717, 1.165) is 12.1 Å². The number of phenols is 1. The van der Waals surface area contributed by atoms with Crippen LogP contribution in [-0.4, -0.2) is 16.3 Å². The Morgan fingerprint density at radius 1 is 1.47 bits per heavy atom. The Labute approximate surface area is 96.6 Å². The molecule has 0 heterocycles. The summed E-state index contributed by atoms with van der Waals surface area (Å²) >= 11 is 0. The van der Waals surface area contributed by atoms with Crippen molar-refractivity contribution in [2.45, 2.75) is 6.42 Å². The number of non-ortho nitro benzene ring substituents is 1. The second-order valence-corrected chi connectivity index (χ2v) is 3.11. The molecule has 86 valence electrons. The first-order valence-electron chi connectivity index (χ1n) is 4.60. The third kappa shape index (κ3) is 2.89. The van der Waals surface area contributed by atoms with Crippen molar-refractivity contribution < 1.29 is 14.8 Å². The Morgan fingerprint density at radius 2 is 2.12 bits per heavy atom. The minimum absolute atomic E-state index is 0.110. The van der Waals surface area contributed by atoms with E-state index in [1.165, 1.54) is 12.2 Å². The van der Waals surface area contributed by atoms with Crippen molar-refractivity contribution in [1.29, 1.82) is 5.26 Å². The Hall–Kier alpha value is -2.68. The van der Waals surface area contributed by atoms with Gasteiger partial charge in [-0.25, -0.2) is 0 Å². The zero-order valence-corrected chi connectivity index (χ0v) is 8.66. The molecule has 1 aromatic carbocycles. The molecule has 0 aliphatic heterocycles. The minimum Gasteiger partial charge on any atom is -0.507 e. The lowest BCUT2D eigenvalue weighted by molar-refractivity contribution is -0.384. The van der Waals surface area contributed by atoms with Crippen LogP contribution in [0.5, 0.6) is 5.75 Å². The quantitative estimate of drug-likeness (QED) is 0.485. The molecular weight excluding hydrogens is 224 g/mol. The highest BCUT2D eigenvalue weighted by Gasteiger charge is 2.13. The maximum atomic E-state index is 10.6. The van der Waals surface area contributed by atoms with E-state index in [-0.39, 0.29) is 29.0 Å². The maximum Gasteiger partial charge on any atom is 0.271 e. The minimum atomic E-state index is -0.659. The summed E-state index contributed by atoms with van der Waals surface area (Å²) in [5.41, 5.74) is -0.311. The van der Waals surface area contributed by atoms with Crippen molar-refractivity contribution in [3.8, 4) is 11.8 Å². The van der Waals surface area contributed by atoms with Gasteiger partial charge in [-0.2, -0.15) is 5.26 Å². The van der Waals surface area contributed by atoms with Gasteiger partial charge < -0.3 is 5.11 Å². The third-order valence-electron chi connectivity index (χ3n) is 2.00. The van der Waals surface area contributed by atoms with Gasteiger partial charge in [0.15, 0.2) is 6.29 Å². The number of hydrogen-bond donors (Lipinski definition) is 1. The van der Waals surface area contributed by atoms with Gasteiger partial charge in [-0.3, -0.25) is 14.9 Å². The maximum absolute atomic E-state index is 10.6. The molecule has 0 amide bonds. The topological polar surface area (TPSA) is 104 Å². The number of nitriles is 1. The standard InChI is InChI=1S/C11H8N2O4/c12-4-2-1-3-8-5-10(13(16)17)6-9(7-14)11(8)15/h1,3,5-7,15H,2H2. The molecule has 0 radical (unpaired) electrons. The highest BCUT2D eigenvalue weighted by molar-refractivity contribution is 5.83. The molecule has 0 bridgehead atoms. The van der Waals surface area contributed by atoms with Gasteiger partial charge >= 0.3 is 0 Å². The molecule has 0 saturated carbocycles. The number of nitro benzene ring substituents is 1. The number of allylic oxidation sites excluding steroid dienone is 1. The van der Waals surface area contributed by atoms with Crippen molar-refractivity contribution in [3.05, 3.63) is 39.4 Å². The lowest BCUT2D eigenvalue weighted by Crippen LogP contribution is -1.92. The summed E-state index contributed by atoms with van der Waals surface area (Å²) < 4.78 is 0. The normalized spacial score (nSPS) is 10.1. The molecule has 0 aromatic heterocycles. The molecular formula is C11H8N2O4. The summed E-state index contributed by atoms with van der Waals surface area (Å²) in [7, 11) is 0. The number of carbonyl (C=O) groups excluding carboxylic acids is 1. The summed E-state index contributed by atoms with van der Waals surface area (Å²) in [6, 6.07) is 3.98. The fraction of sp³-hybridized carbons (Fsp3) is 0.0909. The zero-order valence-electron chi connectivity index (χ0n) is 8.66. The number of nitrogens with zero attached hydrogens (tertiary/aromatic N) is 2. The van der Waals surface area contributed by atoms with E-state index in [9.17, 15) is 20.0 Å². The van der Waals surface area contributed by atoms with Crippen LogP contribution in [0, 0.1) is 21.4 Å². The lowest BCUT2D eigenvalue weighted by atomic mass is 10.1. The molecule has 0 aliphatic carbocycles.